The fourth-order valence-electron chi connectivity index (χ4n) is 8.46. The van der Waals surface area contributed by atoms with Crippen molar-refractivity contribution in [3.8, 4) is 33.4 Å². The first-order valence-corrected chi connectivity index (χ1v) is 19.9. The van der Waals surface area contributed by atoms with E-state index in [1.54, 1.807) is 0 Å². The van der Waals surface area contributed by atoms with Crippen molar-refractivity contribution in [2.75, 3.05) is 4.90 Å². The summed E-state index contributed by atoms with van der Waals surface area (Å²) in [6.45, 7) is 0.656. The molecule has 11 aromatic rings. The lowest BCUT2D eigenvalue weighted by Gasteiger charge is -2.27. The standard InChI is InChI=1S/C53H35NOS/c1-2-14-36-31-38(30-29-35(36)13-1)37-16-9-18-41(32-37)54(42-19-10-17-39(33-42)44-23-12-28-51-52(44)48-22-6-8-27-50(48)56-51)34-40-15-3-4-20-43(40)46-24-11-25-47-45-21-5-7-26-49(45)55-53(46)47/h1-33H,34H2. The van der Waals surface area contributed by atoms with Gasteiger partial charge in [-0.25, -0.2) is 0 Å². The molecule has 0 unspecified atom stereocenters. The van der Waals surface area contributed by atoms with Crippen molar-refractivity contribution in [3.05, 3.63) is 206 Å². The van der Waals surface area contributed by atoms with Gasteiger partial charge in [-0.05, 0) is 92.7 Å². The molecule has 2 aromatic heterocycles. The number of nitrogens with zero attached hydrogens (tertiary/aromatic N) is 1. The van der Waals surface area contributed by atoms with Gasteiger partial charge < -0.3 is 9.32 Å². The molecule has 264 valence electrons. The Balaban J connectivity index is 1.08. The Kier molecular flexibility index (Phi) is 7.78. The molecule has 0 amide bonds. The first-order valence-electron chi connectivity index (χ1n) is 19.1. The number of anilines is 2. The second-order valence-corrected chi connectivity index (χ2v) is 15.5. The van der Waals surface area contributed by atoms with Gasteiger partial charge in [0.25, 0.3) is 0 Å². The van der Waals surface area contributed by atoms with Crippen molar-refractivity contribution in [3.63, 3.8) is 0 Å². The van der Waals surface area contributed by atoms with Crippen LogP contribution in [-0.2, 0) is 6.54 Å². The first kappa shape index (κ1) is 32.5. The fraction of sp³-hybridized carbons (Fsp3) is 0.0189. The highest BCUT2D eigenvalue weighted by Crippen LogP contribution is 2.43. The van der Waals surface area contributed by atoms with Gasteiger partial charge >= 0.3 is 0 Å². The maximum absolute atomic E-state index is 6.57. The van der Waals surface area contributed by atoms with Gasteiger partial charge in [0.05, 0.1) is 0 Å². The molecule has 11 rings (SSSR count). The summed E-state index contributed by atoms with van der Waals surface area (Å²) in [5.41, 5.74) is 12.4. The molecule has 0 saturated carbocycles. The van der Waals surface area contributed by atoms with Crippen molar-refractivity contribution < 1.29 is 4.42 Å². The van der Waals surface area contributed by atoms with Crippen LogP contribution in [0, 0.1) is 0 Å². The Bertz CT molecular complexity index is 3260. The van der Waals surface area contributed by atoms with Gasteiger partial charge in [-0.1, -0.05) is 152 Å². The molecule has 3 heteroatoms. The minimum atomic E-state index is 0.656. The van der Waals surface area contributed by atoms with Crippen molar-refractivity contribution in [2.24, 2.45) is 0 Å². The number of thiophene rings is 1. The average molecular weight is 734 g/mol. The lowest BCUT2D eigenvalue weighted by atomic mass is 9.96. The minimum Gasteiger partial charge on any atom is -0.455 e. The van der Waals surface area contributed by atoms with E-state index < -0.39 is 0 Å². The van der Waals surface area contributed by atoms with Crippen LogP contribution < -0.4 is 4.90 Å². The molecular weight excluding hydrogens is 699 g/mol. The van der Waals surface area contributed by atoms with Crippen LogP contribution >= 0.6 is 11.3 Å². The molecule has 0 saturated heterocycles. The predicted molar refractivity (Wildman–Crippen MR) is 239 cm³/mol. The zero-order valence-electron chi connectivity index (χ0n) is 30.5. The van der Waals surface area contributed by atoms with Gasteiger partial charge in [-0.2, -0.15) is 0 Å². The molecule has 0 spiro atoms. The number of furan rings is 1. The number of benzene rings is 9. The minimum absolute atomic E-state index is 0.656. The lowest BCUT2D eigenvalue weighted by molar-refractivity contribution is 0.670. The van der Waals surface area contributed by atoms with Crippen LogP contribution in [0.25, 0.3) is 86.3 Å². The third-order valence-electron chi connectivity index (χ3n) is 11.2. The van der Waals surface area contributed by atoms with E-state index in [0.29, 0.717) is 6.54 Å². The second-order valence-electron chi connectivity index (χ2n) is 14.5. The SMILES string of the molecule is c1cc(-c2ccc3ccccc3c2)cc(N(Cc2ccccc2-c2cccc3c2oc2ccccc23)c2cccc(-c3cccc4sc5ccccc5c34)c2)c1. The fourth-order valence-corrected chi connectivity index (χ4v) is 9.59. The highest BCUT2D eigenvalue weighted by molar-refractivity contribution is 7.25. The summed E-state index contributed by atoms with van der Waals surface area (Å²) < 4.78 is 9.20. The number of hydrogen-bond acceptors (Lipinski definition) is 3. The largest absolute Gasteiger partial charge is 0.455 e. The van der Waals surface area contributed by atoms with E-state index in [4.69, 9.17) is 4.42 Å². The van der Waals surface area contributed by atoms with Gasteiger partial charge in [-0.15, -0.1) is 11.3 Å². The number of hydrogen-bond donors (Lipinski definition) is 0. The van der Waals surface area contributed by atoms with Gasteiger partial charge in [-0.3, -0.25) is 0 Å². The maximum atomic E-state index is 6.57. The quantitative estimate of drug-likeness (QED) is 0.162. The van der Waals surface area contributed by atoms with Gasteiger partial charge in [0.2, 0.25) is 0 Å². The summed E-state index contributed by atoms with van der Waals surface area (Å²) in [5.74, 6) is 0. The van der Waals surface area contributed by atoms with E-state index >= 15 is 0 Å². The Morgan fingerprint density at radius 2 is 1.04 bits per heavy atom. The molecule has 0 fully saturated rings. The Morgan fingerprint density at radius 1 is 0.411 bits per heavy atom. The number of rotatable bonds is 7. The zero-order chi connectivity index (χ0) is 37.0. The smallest absolute Gasteiger partial charge is 0.143 e. The predicted octanol–water partition coefficient (Wildman–Crippen LogP) is 15.4. The lowest BCUT2D eigenvalue weighted by Crippen LogP contribution is -2.17. The summed E-state index contributed by atoms with van der Waals surface area (Å²) >= 11 is 1.86. The van der Waals surface area contributed by atoms with Gasteiger partial charge in [0.1, 0.15) is 11.2 Å². The molecule has 0 bridgehead atoms. The molecule has 0 atom stereocenters. The van der Waals surface area contributed by atoms with E-state index in [-0.39, 0.29) is 0 Å². The molecular formula is C53H35NOS. The molecule has 0 aliphatic carbocycles. The highest BCUT2D eigenvalue weighted by Gasteiger charge is 2.19. The Labute approximate surface area is 329 Å². The molecule has 56 heavy (non-hydrogen) atoms. The molecule has 0 radical (unpaired) electrons. The molecule has 0 aliphatic rings. The third-order valence-corrected chi connectivity index (χ3v) is 12.3. The normalized spacial score (nSPS) is 11.6. The Morgan fingerprint density at radius 3 is 1.95 bits per heavy atom. The van der Waals surface area contributed by atoms with Gasteiger partial charge in [0, 0.05) is 54.4 Å². The topological polar surface area (TPSA) is 16.4 Å². The summed E-state index contributed by atoms with van der Waals surface area (Å²) in [6, 6.07) is 72.5. The van der Waals surface area contributed by atoms with Crippen LogP contribution in [0.4, 0.5) is 11.4 Å². The maximum Gasteiger partial charge on any atom is 0.143 e. The molecule has 2 nitrogen and oxygen atoms in total. The van der Waals surface area contributed by atoms with Crippen molar-refractivity contribution in [1.29, 1.82) is 0 Å². The summed E-state index contributed by atoms with van der Waals surface area (Å²) in [4.78, 5) is 2.47. The summed E-state index contributed by atoms with van der Waals surface area (Å²) in [6.07, 6.45) is 0. The third kappa shape index (κ3) is 5.56. The van der Waals surface area contributed by atoms with Crippen LogP contribution in [0.5, 0.6) is 0 Å². The van der Waals surface area contributed by atoms with E-state index in [1.807, 2.05) is 17.4 Å². The van der Waals surface area contributed by atoms with Gasteiger partial charge in [0.15, 0.2) is 0 Å². The van der Waals surface area contributed by atoms with E-state index in [0.717, 1.165) is 38.9 Å². The molecule has 0 aliphatic heterocycles. The number of fused-ring (bicyclic) bond motifs is 7. The van der Waals surface area contributed by atoms with Crippen molar-refractivity contribution >= 4 is 75.6 Å². The van der Waals surface area contributed by atoms with E-state index in [9.17, 15) is 0 Å². The average Bonchev–Trinajstić information content (AvgIpc) is 3.84. The molecule has 0 N–H and O–H groups in total. The Hall–Kier alpha value is -6.94. The van der Waals surface area contributed by atoms with Crippen molar-refractivity contribution in [1.82, 2.24) is 0 Å². The van der Waals surface area contributed by atoms with E-state index in [2.05, 4.69) is 199 Å². The summed E-state index contributed by atoms with van der Waals surface area (Å²) in [5, 5.41) is 7.38. The monoisotopic (exact) mass is 733 g/mol. The van der Waals surface area contributed by atoms with Crippen LogP contribution in [0.1, 0.15) is 5.56 Å². The van der Waals surface area contributed by atoms with E-state index in [1.165, 1.54) is 64.3 Å². The van der Waals surface area contributed by atoms with Crippen molar-refractivity contribution in [2.45, 2.75) is 6.54 Å². The highest BCUT2D eigenvalue weighted by atomic mass is 32.1. The zero-order valence-corrected chi connectivity index (χ0v) is 31.3. The van der Waals surface area contributed by atoms with Crippen LogP contribution in [-0.4, -0.2) is 0 Å². The second kappa shape index (κ2) is 13.4. The first-order chi connectivity index (χ1) is 27.7. The molecule has 9 aromatic carbocycles. The number of para-hydroxylation sites is 2. The van der Waals surface area contributed by atoms with Crippen LogP contribution in [0.15, 0.2) is 205 Å². The van der Waals surface area contributed by atoms with Crippen LogP contribution in [0.2, 0.25) is 0 Å². The molecule has 2 heterocycles. The van der Waals surface area contributed by atoms with Crippen LogP contribution in [0.3, 0.4) is 0 Å². The summed E-state index contributed by atoms with van der Waals surface area (Å²) in [7, 11) is 0.